The summed E-state index contributed by atoms with van der Waals surface area (Å²) in [7, 11) is 0. The molecule has 9 nitrogen and oxygen atoms in total. The minimum absolute atomic E-state index is 0.000765. The van der Waals surface area contributed by atoms with E-state index >= 15 is 0 Å². The Morgan fingerprint density at radius 1 is 0.312 bits per heavy atom. The van der Waals surface area contributed by atoms with Crippen LogP contribution in [0, 0.1) is 30.1 Å². The summed E-state index contributed by atoms with van der Waals surface area (Å²) < 4.78 is 28.3. The van der Waals surface area contributed by atoms with E-state index in [-0.39, 0.29) is 60.3 Å². The Morgan fingerprint density at radius 2 is 0.547 bits per heavy atom. The van der Waals surface area contributed by atoms with Gasteiger partial charge in [-0.3, -0.25) is 4.79 Å². The molecule has 21 heteroatoms. The fourth-order valence-electron chi connectivity index (χ4n) is 12.3. The van der Waals surface area contributed by atoms with Gasteiger partial charge in [-0.2, -0.15) is 23.5 Å². The molecule has 14 rings (SSSR count). The second kappa shape index (κ2) is 64.5. The highest BCUT2D eigenvalue weighted by Gasteiger charge is 2.41. The third-order valence-corrected chi connectivity index (χ3v) is 29.8. The van der Waals surface area contributed by atoms with Crippen LogP contribution >= 0.6 is 141 Å². The largest absolute Gasteiger partial charge is 0.460 e. The van der Waals surface area contributed by atoms with E-state index in [1.54, 1.807) is 118 Å². The number of carbonyl (C=O) groups excluding carboxylic acids is 4. The summed E-state index contributed by atoms with van der Waals surface area (Å²) in [6.07, 6.45) is 23.3. The van der Waals surface area contributed by atoms with Crippen LogP contribution in [0.25, 0.3) is 21.5 Å². The minimum atomic E-state index is -0.377. The maximum Gasteiger partial charge on any atom is 0.330 e. The number of fused-ring (bicyclic) bond motifs is 4. The normalized spacial score (nSPS) is 13.0. The van der Waals surface area contributed by atoms with Gasteiger partial charge >= 0.3 is 23.9 Å². The van der Waals surface area contributed by atoms with Crippen molar-refractivity contribution in [2.24, 2.45) is 17.8 Å². The standard InChI is InChI=1S/C26H22O2S2.C23H24O2S2.2C18H18O2S2.C18H18OS2.2C2H6S/c1-2-26(27)28-23(17-29-24-13-11-19-7-3-5-9-21(19)15-24)18-30-25-14-12-20-8-4-6-10-22(20)16-25;24-23(22-14-17-11-12-18(22)13-17)25-19(15-26-20-7-3-1-4-8-20)16-27-21-9-5-2-6-10-21;2*1-2-18(19)20-15(13-21-16-9-5-3-6-10-16)14-22-17-11-7-4-8-12-17;1-2-13-19-16(14-20-17-9-5-3-6-10-17)15-21-18-11-7-4-8-12-18;2*1-3-2/h2-16,23H,1,17-18H2;1-12,17-19,22H,13-16H2;2*2-12,15H,1,13-14H2;1,3-12,16H,13-15H2;2*1-2H3. The van der Waals surface area contributed by atoms with Crippen LogP contribution in [0.15, 0.2) is 427 Å². The first-order valence-electron chi connectivity index (χ1n) is 41.6. The first-order valence-corrected chi connectivity index (χ1v) is 54.8. The summed E-state index contributed by atoms with van der Waals surface area (Å²) in [6.45, 7) is 10.8. The fraction of sp³-hybridized carbons (Fsp3) is 0.234. The van der Waals surface area contributed by atoms with E-state index in [4.69, 9.17) is 30.1 Å². The van der Waals surface area contributed by atoms with Crippen LogP contribution in [0.1, 0.15) is 12.8 Å². The molecule has 128 heavy (non-hydrogen) atoms. The summed E-state index contributed by atoms with van der Waals surface area (Å²) in [5.41, 5.74) is 0. The maximum atomic E-state index is 12.8. The smallest absolute Gasteiger partial charge is 0.330 e. The molecule has 12 aromatic rings. The molecule has 0 N–H and O–H groups in total. The Morgan fingerprint density at radius 3 is 0.781 bits per heavy atom. The molecule has 1 saturated carbocycles. The molecule has 0 heterocycles. The number of rotatable bonds is 40. The number of hydrogen-bond acceptors (Lipinski definition) is 21. The van der Waals surface area contributed by atoms with Crippen molar-refractivity contribution in [1.82, 2.24) is 0 Å². The number of hydrogen-bond donors (Lipinski definition) is 0. The Kier molecular flexibility index (Phi) is 52.9. The molecule has 666 valence electrons. The third-order valence-electron chi connectivity index (χ3n) is 18.4. The van der Waals surface area contributed by atoms with E-state index < -0.39 is 0 Å². The lowest BCUT2D eigenvalue weighted by Gasteiger charge is -2.22. The topological polar surface area (TPSA) is 114 Å². The SMILES string of the molecule is C#CCOC(CSc1ccccc1)CSc1ccccc1.C=CC(=O)OC(CSc1ccc2ccccc2c1)CSc1ccc2ccccc2c1.C=CC(=O)OC(CSc1ccccc1)CSc1ccccc1.C=CC(=O)OC(CSc1ccccc1)CSc1ccccc1.CSC.CSC.O=C(OC(CSc1ccccc1)CSc1ccccc1)C1CC2C=CC1C2. The average Bonchev–Trinajstić information content (AvgIpc) is 1.64. The number of allylic oxidation sites excluding steroid dienone is 2. The molecular weight excluding hydrogens is 1810 g/mol. The highest BCUT2D eigenvalue weighted by Crippen LogP contribution is 2.44. The molecule has 3 atom stereocenters. The second-order valence-electron chi connectivity index (χ2n) is 28.3. The highest BCUT2D eigenvalue weighted by molar-refractivity contribution is 8.02. The van der Waals surface area contributed by atoms with Gasteiger partial charge in [0.1, 0.15) is 31.0 Å². The molecule has 3 unspecified atom stereocenters. The van der Waals surface area contributed by atoms with Crippen molar-refractivity contribution in [3.8, 4) is 12.3 Å². The Balaban J connectivity index is 0.000000196. The van der Waals surface area contributed by atoms with E-state index in [9.17, 15) is 19.2 Å². The van der Waals surface area contributed by atoms with Gasteiger partial charge < -0.3 is 23.7 Å². The predicted molar refractivity (Wildman–Crippen MR) is 563 cm³/mol. The second-order valence-corrected chi connectivity index (χ2v) is 40.9. The third kappa shape index (κ3) is 43.2. The van der Waals surface area contributed by atoms with Crippen molar-refractivity contribution in [2.45, 2.75) is 92.3 Å². The monoisotopic (exact) mass is 1920 g/mol. The molecule has 0 saturated heterocycles. The van der Waals surface area contributed by atoms with E-state index in [0.29, 0.717) is 29.9 Å². The molecule has 2 aliphatic rings. The van der Waals surface area contributed by atoms with Gasteiger partial charge in [0, 0.05) is 125 Å². The lowest BCUT2D eigenvalue weighted by molar-refractivity contribution is -0.153. The highest BCUT2D eigenvalue weighted by atomic mass is 32.2. The number of carbonyl (C=O) groups is 4. The van der Waals surface area contributed by atoms with E-state index in [0.717, 1.165) is 58.9 Å². The first kappa shape index (κ1) is 105. The number of esters is 4. The summed E-state index contributed by atoms with van der Waals surface area (Å²) in [6, 6.07) is 111. The fourth-order valence-corrected chi connectivity index (χ4v) is 22.2. The Bertz CT molecular complexity index is 4830. The quantitative estimate of drug-likeness (QED) is 0.00905. The van der Waals surface area contributed by atoms with Gasteiger partial charge in [0.15, 0.2) is 0 Å². The number of thioether (sulfide) groups is 12. The number of benzene rings is 12. The molecule has 2 bridgehead atoms. The predicted octanol–water partition coefficient (Wildman–Crippen LogP) is 28.6. The Hall–Kier alpha value is -8.28. The molecule has 12 aromatic carbocycles. The van der Waals surface area contributed by atoms with Crippen molar-refractivity contribution < 1.29 is 42.9 Å². The van der Waals surface area contributed by atoms with Gasteiger partial charge in [-0.15, -0.1) is 124 Å². The molecular formula is C107H112O9S12. The van der Waals surface area contributed by atoms with Gasteiger partial charge in [0.2, 0.25) is 0 Å². The van der Waals surface area contributed by atoms with Crippen LogP contribution in [0.5, 0.6) is 0 Å². The molecule has 0 spiro atoms. The van der Waals surface area contributed by atoms with E-state index in [2.05, 4.69) is 220 Å². The number of terminal acetylenes is 1. The zero-order valence-electron chi connectivity index (χ0n) is 72.6. The van der Waals surface area contributed by atoms with Crippen molar-refractivity contribution in [1.29, 1.82) is 0 Å². The lowest BCUT2D eigenvalue weighted by atomic mass is 9.94. The maximum absolute atomic E-state index is 12.8. The van der Waals surface area contributed by atoms with Gasteiger partial charge in [-0.05, 0) is 193 Å². The van der Waals surface area contributed by atoms with Gasteiger partial charge in [0.05, 0.1) is 12.0 Å². The van der Waals surface area contributed by atoms with Crippen molar-refractivity contribution >= 4 is 187 Å². The molecule has 0 amide bonds. The molecule has 0 radical (unpaired) electrons. The first-order chi connectivity index (χ1) is 62.7. The van der Waals surface area contributed by atoms with E-state index in [1.807, 2.05) is 194 Å². The molecule has 1 fully saturated rings. The summed E-state index contributed by atoms with van der Waals surface area (Å²) in [5.74, 6) is 10.2. The van der Waals surface area contributed by atoms with Crippen molar-refractivity contribution in [2.75, 3.05) is 89.2 Å². The number of ether oxygens (including phenoxy) is 5. The van der Waals surface area contributed by atoms with Gasteiger partial charge in [0.25, 0.3) is 0 Å². The van der Waals surface area contributed by atoms with Crippen molar-refractivity contribution in [3.05, 3.63) is 378 Å². The summed E-state index contributed by atoms with van der Waals surface area (Å²) >= 11 is 20.8. The van der Waals surface area contributed by atoms with Crippen molar-refractivity contribution in [3.63, 3.8) is 0 Å². The zero-order chi connectivity index (χ0) is 90.7. The zero-order valence-corrected chi connectivity index (χ0v) is 82.4. The molecule has 0 aromatic heterocycles. The lowest BCUT2D eigenvalue weighted by Crippen LogP contribution is -2.29. The van der Waals surface area contributed by atoms with Gasteiger partial charge in [-0.25, -0.2) is 14.4 Å². The van der Waals surface area contributed by atoms with Gasteiger partial charge in [-0.1, -0.05) is 244 Å². The van der Waals surface area contributed by atoms with E-state index in [1.165, 1.54) is 88.7 Å². The van der Waals surface area contributed by atoms with Crippen LogP contribution in [0.3, 0.4) is 0 Å². The van der Waals surface area contributed by atoms with Crippen LogP contribution < -0.4 is 0 Å². The molecule has 2 aliphatic carbocycles. The van der Waals surface area contributed by atoms with Crippen LogP contribution in [-0.2, 0) is 42.9 Å². The average molecular weight is 1930 g/mol. The van der Waals surface area contributed by atoms with Crippen LogP contribution in [0.4, 0.5) is 0 Å². The Labute approximate surface area is 810 Å². The summed E-state index contributed by atoms with van der Waals surface area (Å²) in [4.78, 5) is 59.6. The van der Waals surface area contributed by atoms with Crippen LogP contribution in [-0.4, -0.2) is 144 Å². The minimum Gasteiger partial charge on any atom is -0.460 e. The summed E-state index contributed by atoms with van der Waals surface area (Å²) in [5, 5.41) is 4.88. The molecule has 0 aliphatic heterocycles. The van der Waals surface area contributed by atoms with Crippen LogP contribution in [0.2, 0.25) is 0 Å².